The zero-order valence-electron chi connectivity index (χ0n) is 19.7. The lowest BCUT2D eigenvalue weighted by atomic mass is 10.0. The van der Waals surface area contributed by atoms with Crippen LogP contribution < -0.4 is 10.1 Å². The number of carbonyl (C=O) groups excluding carboxylic acids is 1. The van der Waals surface area contributed by atoms with Crippen molar-refractivity contribution in [2.45, 2.75) is 58.6 Å². The number of hydrogen-bond acceptors (Lipinski definition) is 6. The van der Waals surface area contributed by atoms with Gasteiger partial charge in [-0.1, -0.05) is 49.8 Å². The molecular weight excluding hydrogens is 513 g/mol. The van der Waals surface area contributed by atoms with Crippen LogP contribution in [0.25, 0.3) is 0 Å². The molecule has 1 heterocycles. The van der Waals surface area contributed by atoms with Crippen LogP contribution in [0.1, 0.15) is 56.8 Å². The number of carbonyl (C=O) groups is 1. The van der Waals surface area contributed by atoms with Gasteiger partial charge in [-0.25, -0.2) is 0 Å². The van der Waals surface area contributed by atoms with E-state index in [2.05, 4.69) is 53.7 Å². The molecule has 1 atom stereocenters. The maximum atomic E-state index is 12.5. The molecule has 1 aromatic carbocycles. The average Bonchev–Trinajstić information content (AvgIpc) is 2.77. The highest BCUT2D eigenvalue weighted by molar-refractivity contribution is 14.1. The number of alkyl halides is 1. The largest absolute Gasteiger partial charge is 0.484 e. The molecule has 1 amide bonds. The maximum Gasteiger partial charge on any atom is 0.310 e. The van der Waals surface area contributed by atoms with Gasteiger partial charge in [0.2, 0.25) is 0 Å². The van der Waals surface area contributed by atoms with Gasteiger partial charge in [0.15, 0.2) is 5.75 Å². The molecule has 0 aliphatic carbocycles. The molecule has 1 saturated heterocycles. The van der Waals surface area contributed by atoms with Gasteiger partial charge >= 0.3 is 5.69 Å². The van der Waals surface area contributed by atoms with Gasteiger partial charge in [-0.2, -0.15) is 0 Å². The maximum absolute atomic E-state index is 12.5. The molecule has 178 valence electrons. The number of likely N-dealkylation sites (tertiary alicyclic amines) is 1. The van der Waals surface area contributed by atoms with E-state index in [0.29, 0.717) is 5.56 Å². The smallest absolute Gasteiger partial charge is 0.310 e. The molecule has 8 nitrogen and oxygen atoms in total. The van der Waals surface area contributed by atoms with Crippen molar-refractivity contribution in [1.82, 2.24) is 10.2 Å². The summed E-state index contributed by atoms with van der Waals surface area (Å²) in [4.78, 5) is 27.4. The van der Waals surface area contributed by atoms with Crippen molar-refractivity contribution in [2.75, 3.05) is 38.8 Å². The van der Waals surface area contributed by atoms with Gasteiger partial charge in [-0.3, -0.25) is 14.9 Å². The van der Waals surface area contributed by atoms with Crippen molar-refractivity contribution >= 4 is 34.2 Å². The molecule has 1 aliphatic heterocycles. The number of benzene rings is 1. The lowest BCUT2D eigenvalue weighted by Crippen LogP contribution is -2.43. The van der Waals surface area contributed by atoms with Crippen LogP contribution in [0.5, 0.6) is 5.75 Å². The van der Waals surface area contributed by atoms with E-state index in [1.807, 2.05) is 11.9 Å². The van der Waals surface area contributed by atoms with Gasteiger partial charge in [-0.05, 0) is 50.4 Å². The van der Waals surface area contributed by atoms with Crippen LogP contribution in [0, 0.1) is 10.1 Å². The molecular formula is C22H38IN3O5. The molecule has 1 N–H and O–H groups in total. The van der Waals surface area contributed by atoms with Gasteiger partial charge < -0.3 is 19.7 Å². The number of nitrogens with one attached hydrogen (secondary N) is 1. The Bertz CT molecular complexity index is 648. The van der Waals surface area contributed by atoms with Gasteiger partial charge in [0.05, 0.1) is 11.0 Å². The molecule has 0 saturated carbocycles. The van der Waals surface area contributed by atoms with Gasteiger partial charge in [0, 0.05) is 30.8 Å². The lowest BCUT2D eigenvalue weighted by molar-refractivity contribution is -0.385. The number of amides is 1. The molecule has 1 aromatic rings. The zero-order chi connectivity index (χ0) is 23.8. The molecule has 0 aromatic heterocycles. The number of halogens is 1. The SMILES string of the molecule is CCC.CCC(COc1cc(C(=O)NC2CCN(C)CC2)ccc1[N+](=O)[O-])OC.CI. The van der Waals surface area contributed by atoms with Crippen LogP contribution in [-0.2, 0) is 4.74 Å². The van der Waals surface area contributed by atoms with Crippen LogP contribution >= 0.6 is 22.6 Å². The first-order valence-electron chi connectivity index (χ1n) is 10.7. The summed E-state index contributed by atoms with van der Waals surface area (Å²) in [5.41, 5.74) is 0.196. The second-order valence-electron chi connectivity index (χ2n) is 7.27. The lowest BCUT2D eigenvalue weighted by Gasteiger charge is -2.29. The molecule has 0 spiro atoms. The number of nitro groups is 1. The Labute approximate surface area is 200 Å². The fourth-order valence-electron chi connectivity index (χ4n) is 2.88. The fourth-order valence-corrected chi connectivity index (χ4v) is 2.88. The highest BCUT2D eigenvalue weighted by atomic mass is 127. The third kappa shape index (κ3) is 11.1. The summed E-state index contributed by atoms with van der Waals surface area (Å²) in [5.74, 6) is -0.153. The number of piperidine rings is 1. The van der Waals surface area contributed by atoms with Crippen LogP contribution in [-0.4, -0.2) is 66.7 Å². The summed E-state index contributed by atoms with van der Waals surface area (Å²) in [7, 11) is 3.62. The Morgan fingerprint density at radius 3 is 2.35 bits per heavy atom. The Kier molecular flexibility index (Phi) is 16.3. The summed E-state index contributed by atoms with van der Waals surface area (Å²) in [6.07, 6.45) is 3.60. The average molecular weight is 551 g/mol. The van der Waals surface area contributed by atoms with E-state index < -0.39 is 4.92 Å². The minimum Gasteiger partial charge on any atom is -0.484 e. The molecule has 0 radical (unpaired) electrons. The molecule has 31 heavy (non-hydrogen) atoms. The van der Waals surface area contributed by atoms with Crippen LogP contribution in [0.4, 0.5) is 5.69 Å². The summed E-state index contributed by atoms with van der Waals surface area (Å²) >= 11 is 2.15. The van der Waals surface area contributed by atoms with Crippen molar-refractivity contribution in [3.05, 3.63) is 33.9 Å². The first-order valence-corrected chi connectivity index (χ1v) is 12.8. The second kappa shape index (κ2) is 17.1. The normalized spacial score (nSPS) is 14.9. The highest BCUT2D eigenvalue weighted by Gasteiger charge is 2.22. The van der Waals surface area contributed by atoms with E-state index in [4.69, 9.17) is 9.47 Å². The fraction of sp³-hybridized carbons (Fsp3) is 0.682. The molecule has 1 unspecified atom stereocenters. The Morgan fingerprint density at radius 1 is 1.29 bits per heavy atom. The Hall–Kier alpha value is -1.46. The Morgan fingerprint density at radius 2 is 1.87 bits per heavy atom. The van der Waals surface area contributed by atoms with Gasteiger partial charge in [-0.15, -0.1) is 0 Å². The monoisotopic (exact) mass is 551 g/mol. The minimum absolute atomic E-state index is 0.0847. The number of methoxy groups -OCH3 is 1. The summed E-state index contributed by atoms with van der Waals surface area (Å²) in [6, 6.07) is 4.33. The van der Waals surface area contributed by atoms with Gasteiger partial charge in [0.25, 0.3) is 5.91 Å². The Balaban J connectivity index is 0.00000165. The van der Waals surface area contributed by atoms with Crippen LogP contribution in [0.15, 0.2) is 18.2 Å². The predicted octanol–water partition coefficient (Wildman–Crippen LogP) is 4.69. The minimum atomic E-state index is -0.512. The first kappa shape index (κ1) is 29.5. The number of nitro benzene ring substituents is 1. The molecule has 1 fully saturated rings. The molecule has 9 heteroatoms. The standard InChI is InChI=1S/C18H27N3O5.C3H8.CH3I/c1-4-15(25-3)12-26-17-11-13(5-6-16(17)21(23)24)18(22)19-14-7-9-20(2)10-8-14;1-3-2;1-2/h5-6,11,14-15H,4,7-10,12H2,1-3H3,(H,19,22);3H2,1-2H3;1H3. The molecule has 0 bridgehead atoms. The van der Waals surface area contributed by atoms with Crippen molar-refractivity contribution in [3.63, 3.8) is 0 Å². The van der Waals surface area contributed by atoms with E-state index >= 15 is 0 Å². The quantitative estimate of drug-likeness (QED) is 0.218. The van der Waals surface area contributed by atoms with E-state index in [0.717, 1.165) is 32.4 Å². The third-order valence-corrected chi connectivity index (χ3v) is 4.69. The van der Waals surface area contributed by atoms with Crippen molar-refractivity contribution < 1.29 is 19.2 Å². The van der Waals surface area contributed by atoms with Crippen LogP contribution in [0.2, 0.25) is 0 Å². The number of nitrogens with zero attached hydrogens (tertiary/aromatic N) is 2. The van der Waals surface area contributed by atoms with Gasteiger partial charge in [0.1, 0.15) is 6.61 Å². The zero-order valence-corrected chi connectivity index (χ0v) is 21.8. The summed E-state index contributed by atoms with van der Waals surface area (Å²) in [5, 5.41) is 14.2. The van der Waals surface area contributed by atoms with E-state index in [1.165, 1.54) is 24.6 Å². The summed E-state index contributed by atoms with van der Waals surface area (Å²) in [6.45, 7) is 8.26. The van der Waals surface area contributed by atoms with Crippen molar-refractivity contribution in [2.24, 2.45) is 0 Å². The summed E-state index contributed by atoms with van der Waals surface area (Å²) < 4.78 is 10.8. The second-order valence-corrected chi connectivity index (χ2v) is 7.27. The number of hydrogen-bond donors (Lipinski definition) is 1. The molecule has 2 rings (SSSR count). The van der Waals surface area contributed by atoms with Crippen molar-refractivity contribution in [3.8, 4) is 5.75 Å². The van der Waals surface area contributed by atoms with Crippen molar-refractivity contribution in [1.29, 1.82) is 0 Å². The number of ether oxygens (including phenoxy) is 2. The molecule has 1 aliphatic rings. The topological polar surface area (TPSA) is 93.9 Å². The van der Waals surface area contributed by atoms with Crippen LogP contribution in [0.3, 0.4) is 0 Å². The highest BCUT2D eigenvalue weighted by Crippen LogP contribution is 2.28. The van der Waals surface area contributed by atoms with E-state index in [1.54, 1.807) is 7.11 Å². The van der Waals surface area contributed by atoms with E-state index in [9.17, 15) is 14.9 Å². The third-order valence-electron chi connectivity index (χ3n) is 4.69. The predicted molar refractivity (Wildman–Crippen MR) is 134 cm³/mol. The number of rotatable bonds is 8. The van der Waals surface area contributed by atoms with E-state index in [-0.39, 0.29) is 36.1 Å². The first-order chi connectivity index (χ1) is 14.9.